The van der Waals surface area contributed by atoms with Crippen LogP contribution in [0.25, 0.3) is 0 Å². The van der Waals surface area contributed by atoms with E-state index in [0.717, 1.165) is 27.0 Å². The third-order valence-corrected chi connectivity index (χ3v) is 3.51. The molecule has 146 valence electrons. The number of amides is 1. The van der Waals surface area contributed by atoms with E-state index in [1.165, 1.54) is 0 Å². The van der Waals surface area contributed by atoms with E-state index in [4.69, 9.17) is 24.7 Å². The molecule has 2 aliphatic heterocycles. The molecule has 0 aromatic rings. The van der Waals surface area contributed by atoms with Crippen LogP contribution in [0.5, 0.6) is 0 Å². The van der Waals surface area contributed by atoms with Gasteiger partial charge in [-0.3, -0.25) is 19.2 Å². The zero-order valence-electron chi connectivity index (χ0n) is 14.6. The fourth-order valence-electron chi connectivity index (χ4n) is 2.68. The van der Waals surface area contributed by atoms with Crippen LogP contribution in [0.2, 0.25) is 0 Å². The Morgan fingerprint density at radius 2 is 1.74 bits per heavy atom. The molecule has 0 saturated carbocycles. The number of hydrogen-bond acceptors (Lipinski definition) is 11. The lowest BCUT2D eigenvalue weighted by Crippen LogP contribution is -2.50. The molecule has 0 aromatic heterocycles. The van der Waals surface area contributed by atoms with Crippen LogP contribution in [0.4, 0.5) is 0 Å². The van der Waals surface area contributed by atoms with Gasteiger partial charge in [0.25, 0.3) is 12.1 Å². The molecule has 0 aromatic carbocycles. The third kappa shape index (κ3) is 4.73. The average molecular weight is 383 g/mol. The second-order valence-electron chi connectivity index (χ2n) is 5.67. The average Bonchev–Trinajstić information content (AvgIpc) is 3.09. The molecule has 0 aliphatic carbocycles. The second-order valence-corrected chi connectivity index (χ2v) is 5.67. The van der Waals surface area contributed by atoms with Crippen molar-refractivity contribution in [2.45, 2.75) is 51.3 Å². The van der Waals surface area contributed by atoms with Crippen molar-refractivity contribution >= 4 is 35.9 Å². The number of hydrogen-bond donors (Lipinski definition) is 1. The van der Waals surface area contributed by atoms with Crippen molar-refractivity contribution in [1.29, 1.82) is 0 Å². The molecule has 12 nitrogen and oxygen atoms in total. The van der Waals surface area contributed by atoms with Crippen molar-refractivity contribution in [2.24, 2.45) is 15.7 Å². The molecule has 1 fully saturated rings. The SMILES string of the molecule is CC(=O)OC(C(N)=O)[C@H]1O[C@@H]([C+]2N=CC([O-])=N2)[C@H](OC(C)=O)[C@@H]1OC(C)=O. The summed E-state index contributed by atoms with van der Waals surface area (Å²) in [6.45, 7) is 3.21. The van der Waals surface area contributed by atoms with Gasteiger partial charge in [0.05, 0.1) is 0 Å². The van der Waals surface area contributed by atoms with Crippen molar-refractivity contribution in [1.82, 2.24) is 0 Å². The molecular formula is C15H17N3O9. The fourth-order valence-corrected chi connectivity index (χ4v) is 2.68. The maximum Gasteiger partial charge on any atom is 0.303 e. The smallest absolute Gasteiger partial charge is 0.303 e. The van der Waals surface area contributed by atoms with E-state index in [9.17, 15) is 24.3 Å². The van der Waals surface area contributed by atoms with E-state index < -0.39 is 60.2 Å². The largest absolute Gasteiger partial charge is 0.788 e. The number of carbonyl (C=O) groups excluding carboxylic acids is 4. The van der Waals surface area contributed by atoms with E-state index in [-0.39, 0.29) is 6.17 Å². The van der Waals surface area contributed by atoms with Gasteiger partial charge in [-0.2, -0.15) is 0 Å². The molecule has 1 saturated heterocycles. The highest BCUT2D eigenvalue weighted by atomic mass is 16.7. The van der Waals surface area contributed by atoms with Gasteiger partial charge < -0.3 is 29.8 Å². The maximum absolute atomic E-state index is 11.8. The molecular weight excluding hydrogens is 366 g/mol. The molecule has 2 N–H and O–H groups in total. The van der Waals surface area contributed by atoms with E-state index in [1.807, 2.05) is 0 Å². The number of nitrogens with zero attached hydrogens (tertiary/aromatic N) is 2. The number of rotatable bonds is 6. The van der Waals surface area contributed by atoms with Gasteiger partial charge in [0.2, 0.25) is 12.2 Å². The highest BCUT2D eigenvalue weighted by molar-refractivity contribution is 6.25. The lowest BCUT2D eigenvalue weighted by atomic mass is 10.0. The Bertz CT molecular complexity index is 705. The van der Waals surface area contributed by atoms with Crippen LogP contribution < -0.4 is 10.8 Å². The minimum atomic E-state index is -1.66. The van der Waals surface area contributed by atoms with E-state index in [1.54, 1.807) is 0 Å². The monoisotopic (exact) mass is 383 g/mol. The Balaban J connectivity index is 2.42. The first-order chi connectivity index (χ1) is 12.6. The molecule has 1 unspecified atom stereocenters. The van der Waals surface area contributed by atoms with Crippen LogP contribution in [-0.4, -0.2) is 66.4 Å². The third-order valence-electron chi connectivity index (χ3n) is 3.51. The van der Waals surface area contributed by atoms with Crippen LogP contribution in [0, 0.1) is 6.17 Å². The normalized spacial score (nSPS) is 27.7. The zero-order valence-corrected chi connectivity index (χ0v) is 14.6. The van der Waals surface area contributed by atoms with Gasteiger partial charge in [0, 0.05) is 20.8 Å². The quantitative estimate of drug-likeness (QED) is 0.291. The van der Waals surface area contributed by atoms with Gasteiger partial charge in [-0.25, -0.2) is 0 Å². The van der Waals surface area contributed by atoms with Gasteiger partial charge in [0.1, 0.15) is 6.10 Å². The van der Waals surface area contributed by atoms with E-state index >= 15 is 0 Å². The van der Waals surface area contributed by atoms with Gasteiger partial charge in [-0.15, -0.1) is 0 Å². The Morgan fingerprint density at radius 3 is 2.19 bits per heavy atom. The number of carbonyl (C=O) groups is 4. The fraction of sp³-hybridized carbons (Fsp3) is 0.533. The summed E-state index contributed by atoms with van der Waals surface area (Å²) in [5.41, 5.74) is 5.27. The summed E-state index contributed by atoms with van der Waals surface area (Å²) in [5, 5.41) is 11.3. The summed E-state index contributed by atoms with van der Waals surface area (Å²) >= 11 is 0. The van der Waals surface area contributed by atoms with Crippen molar-refractivity contribution in [3.05, 3.63) is 6.17 Å². The minimum Gasteiger partial charge on any atom is -0.788 e. The van der Waals surface area contributed by atoms with Crippen molar-refractivity contribution < 1.29 is 43.2 Å². The first-order valence-electron chi connectivity index (χ1n) is 7.73. The topological polar surface area (TPSA) is 179 Å². The molecule has 2 rings (SSSR count). The number of nitrogens with two attached hydrogens (primary N) is 1. The summed E-state index contributed by atoms with van der Waals surface area (Å²) in [6, 6.07) is 0. The molecule has 2 aliphatic rings. The van der Waals surface area contributed by atoms with Crippen LogP contribution in [-0.2, 0) is 38.1 Å². The molecule has 1 amide bonds. The molecule has 2 heterocycles. The van der Waals surface area contributed by atoms with Gasteiger partial charge in [-0.05, 0) is 0 Å². The van der Waals surface area contributed by atoms with Crippen LogP contribution in [0.15, 0.2) is 9.98 Å². The highest BCUT2D eigenvalue weighted by Crippen LogP contribution is 2.36. The van der Waals surface area contributed by atoms with Crippen LogP contribution in [0.1, 0.15) is 20.8 Å². The molecule has 5 atom stereocenters. The first-order valence-corrected chi connectivity index (χ1v) is 7.73. The Labute approximate surface area is 153 Å². The predicted molar refractivity (Wildman–Crippen MR) is 83.7 cm³/mol. The predicted octanol–water partition coefficient (Wildman–Crippen LogP) is -2.63. The standard InChI is InChI=1S/C15H17N3O9/c1-5(19)24-9-10(12(14(16)23)26-7(3)21)27-13(11(9)25-6(2)20)15-17-4-8(22)18-15/h4,9-13H,1-3H3,(H2-,16,18,22,23)/t9-,10+,11-,12?,13-/m1/s1. The van der Waals surface area contributed by atoms with Crippen molar-refractivity contribution in [2.75, 3.05) is 0 Å². The number of aliphatic imine (C=N–C) groups is 2. The summed E-state index contributed by atoms with van der Waals surface area (Å²) in [7, 11) is 0. The van der Waals surface area contributed by atoms with Gasteiger partial charge in [-0.1, -0.05) is 9.98 Å². The first kappa shape index (κ1) is 20.2. The molecule has 0 radical (unpaired) electrons. The Morgan fingerprint density at radius 1 is 1.15 bits per heavy atom. The van der Waals surface area contributed by atoms with E-state index in [0.29, 0.717) is 0 Å². The van der Waals surface area contributed by atoms with E-state index in [2.05, 4.69) is 9.98 Å². The zero-order chi connectivity index (χ0) is 20.3. The Hall–Kier alpha value is -3.15. The summed E-state index contributed by atoms with van der Waals surface area (Å²) < 4.78 is 20.8. The number of primary amides is 1. The second kappa shape index (κ2) is 8.03. The highest BCUT2D eigenvalue weighted by Gasteiger charge is 2.59. The minimum absolute atomic E-state index is 0.156. The van der Waals surface area contributed by atoms with Crippen molar-refractivity contribution in [3.63, 3.8) is 0 Å². The summed E-state index contributed by atoms with van der Waals surface area (Å²) in [6.07, 6.45) is -6.26. The Kier molecular flexibility index (Phi) is 6.00. The summed E-state index contributed by atoms with van der Waals surface area (Å²) in [4.78, 5) is 53.5. The summed E-state index contributed by atoms with van der Waals surface area (Å²) in [5.74, 6) is -4.15. The van der Waals surface area contributed by atoms with Gasteiger partial charge in [0.15, 0.2) is 24.3 Å². The maximum atomic E-state index is 11.8. The van der Waals surface area contributed by atoms with Gasteiger partial charge >= 0.3 is 17.9 Å². The number of esters is 3. The molecule has 0 bridgehead atoms. The molecule has 12 heteroatoms. The number of ether oxygens (including phenoxy) is 4. The lowest BCUT2D eigenvalue weighted by Gasteiger charge is -2.26. The van der Waals surface area contributed by atoms with Crippen LogP contribution in [0.3, 0.4) is 0 Å². The lowest BCUT2D eigenvalue weighted by molar-refractivity contribution is -0.208. The molecule has 27 heavy (non-hydrogen) atoms. The van der Waals surface area contributed by atoms with Crippen LogP contribution >= 0.6 is 0 Å². The molecule has 0 spiro atoms. The van der Waals surface area contributed by atoms with Crippen molar-refractivity contribution in [3.8, 4) is 0 Å².